The molecule has 5 nitrogen and oxygen atoms in total. The van der Waals surface area contributed by atoms with Gasteiger partial charge in [-0.15, -0.1) is 0 Å². The van der Waals surface area contributed by atoms with E-state index in [4.69, 9.17) is 0 Å². The first-order valence-corrected chi connectivity index (χ1v) is 8.42. The van der Waals surface area contributed by atoms with Crippen LogP contribution < -0.4 is 5.32 Å². The number of carbonyl (C=O) groups excluding carboxylic acids is 2. The summed E-state index contributed by atoms with van der Waals surface area (Å²) in [6.45, 7) is 8.98. The van der Waals surface area contributed by atoms with Gasteiger partial charge in [-0.25, -0.2) is 0 Å². The van der Waals surface area contributed by atoms with Crippen LogP contribution in [0.3, 0.4) is 0 Å². The van der Waals surface area contributed by atoms with E-state index in [1.165, 1.54) is 0 Å². The molecule has 1 aromatic carbocycles. The fourth-order valence-electron chi connectivity index (χ4n) is 3.45. The maximum absolute atomic E-state index is 12.9. The van der Waals surface area contributed by atoms with E-state index in [0.717, 1.165) is 29.9 Å². The zero-order valence-corrected chi connectivity index (χ0v) is 14.8. The second kappa shape index (κ2) is 6.06. The minimum Gasteiger partial charge on any atom is -0.376 e. The van der Waals surface area contributed by atoms with Gasteiger partial charge in [0.05, 0.1) is 16.8 Å². The van der Waals surface area contributed by atoms with Gasteiger partial charge in [0.2, 0.25) is 0 Å². The van der Waals surface area contributed by atoms with Crippen LogP contribution in [0.1, 0.15) is 36.7 Å². The molecule has 2 aliphatic rings. The number of benzene rings is 1. The van der Waals surface area contributed by atoms with Crippen molar-refractivity contribution >= 4 is 23.0 Å². The largest absolute Gasteiger partial charge is 0.376 e. The predicted molar refractivity (Wildman–Crippen MR) is 96.2 cm³/mol. The zero-order valence-electron chi connectivity index (χ0n) is 14.8. The molecule has 2 aliphatic heterocycles. The summed E-state index contributed by atoms with van der Waals surface area (Å²) >= 11 is 0. The van der Waals surface area contributed by atoms with Gasteiger partial charge in [0.1, 0.15) is 0 Å². The minimum absolute atomic E-state index is 0.246. The number of ketones is 1. The molecule has 1 N–H and O–H groups in total. The van der Waals surface area contributed by atoms with Crippen molar-refractivity contribution in [2.24, 2.45) is 0 Å². The summed E-state index contributed by atoms with van der Waals surface area (Å²) in [6.07, 6.45) is 2.14. The third-order valence-corrected chi connectivity index (χ3v) is 4.74. The summed E-state index contributed by atoms with van der Waals surface area (Å²) in [5.41, 5.74) is 3.11. The topological polar surface area (TPSA) is 52.7 Å². The molecule has 0 saturated carbocycles. The van der Waals surface area contributed by atoms with E-state index in [1.54, 1.807) is 11.0 Å². The lowest BCUT2D eigenvalue weighted by atomic mass is 9.88. The molecule has 0 spiro atoms. The van der Waals surface area contributed by atoms with Crippen LogP contribution in [0, 0.1) is 0 Å². The minimum atomic E-state index is -0.422. The van der Waals surface area contributed by atoms with Crippen LogP contribution in [0.2, 0.25) is 0 Å². The number of piperazine rings is 1. The monoisotopic (exact) mass is 327 g/mol. The van der Waals surface area contributed by atoms with Crippen molar-refractivity contribution in [2.45, 2.75) is 26.3 Å². The van der Waals surface area contributed by atoms with Crippen LogP contribution in [-0.4, -0.2) is 60.3 Å². The summed E-state index contributed by atoms with van der Waals surface area (Å²) in [5, 5.41) is 3.40. The number of para-hydroxylation sites is 1. The molecule has 1 amide bonds. The Balaban J connectivity index is 1.91. The van der Waals surface area contributed by atoms with E-state index in [1.807, 2.05) is 26.1 Å². The van der Waals surface area contributed by atoms with Crippen molar-refractivity contribution in [3.05, 3.63) is 35.4 Å². The lowest BCUT2D eigenvalue weighted by Gasteiger charge is -2.34. The number of hydrogen-bond donors (Lipinski definition) is 1. The van der Waals surface area contributed by atoms with Gasteiger partial charge in [-0.2, -0.15) is 0 Å². The maximum Gasteiger partial charge on any atom is 0.295 e. The average molecular weight is 327 g/mol. The maximum atomic E-state index is 12.9. The van der Waals surface area contributed by atoms with Gasteiger partial charge in [-0.05, 0) is 39.5 Å². The van der Waals surface area contributed by atoms with Crippen LogP contribution in [0.4, 0.5) is 5.69 Å². The van der Waals surface area contributed by atoms with E-state index < -0.39 is 11.7 Å². The van der Waals surface area contributed by atoms with Crippen LogP contribution in [-0.2, 0) is 4.79 Å². The quantitative estimate of drug-likeness (QED) is 0.669. The second-order valence-electron chi connectivity index (χ2n) is 7.33. The molecule has 0 aromatic heterocycles. The predicted octanol–water partition coefficient (Wildman–Crippen LogP) is 2.25. The van der Waals surface area contributed by atoms with E-state index in [0.29, 0.717) is 18.7 Å². The Hall–Kier alpha value is -2.14. The van der Waals surface area contributed by atoms with Crippen molar-refractivity contribution in [2.75, 3.05) is 38.5 Å². The molecule has 2 heterocycles. The molecule has 1 fully saturated rings. The van der Waals surface area contributed by atoms with Crippen molar-refractivity contribution in [3.8, 4) is 0 Å². The molecule has 5 heteroatoms. The van der Waals surface area contributed by atoms with Crippen molar-refractivity contribution < 1.29 is 9.59 Å². The van der Waals surface area contributed by atoms with Crippen LogP contribution >= 0.6 is 0 Å². The number of anilines is 1. The summed E-state index contributed by atoms with van der Waals surface area (Å²) in [6, 6.07) is 5.58. The number of fused-ring (bicyclic) bond motifs is 1. The highest BCUT2D eigenvalue weighted by Crippen LogP contribution is 2.36. The van der Waals surface area contributed by atoms with Gasteiger partial charge < -0.3 is 15.1 Å². The lowest BCUT2D eigenvalue weighted by Crippen LogP contribution is -2.49. The molecule has 0 aliphatic carbocycles. The Kier molecular flexibility index (Phi) is 4.22. The normalized spacial score (nSPS) is 20.0. The number of likely N-dealkylation sites (N-methyl/N-ethyl adjacent to an activating group) is 1. The van der Waals surface area contributed by atoms with Crippen molar-refractivity contribution in [3.63, 3.8) is 0 Å². The van der Waals surface area contributed by atoms with Crippen LogP contribution in [0.15, 0.2) is 24.3 Å². The summed E-state index contributed by atoms with van der Waals surface area (Å²) in [4.78, 5) is 29.3. The fraction of sp³-hybridized carbons (Fsp3) is 0.474. The molecule has 0 bridgehead atoms. The zero-order chi connectivity index (χ0) is 17.5. The van der Waals surface area contributed by atoms with Crippen molar-refractivity contribution in [1.82, 2.24) is 9.80 Å². The number of nitrogens with one attached hydrogen (secondary N) is 1. The fourth-order valence-corrected chi connectivity index (χ4v) is 3.45. The number of allylic oxidation sites excluding steroid dienone is 1. The smallest absolute Gasteiger partial charge is 0.295 e. The molecule has 0 atom stereocenters. The molecule has 24 heavy (non-hydrogen) atoms. The third-order valence-electron chi connectivity index (χ3n) is 4.74. The number of hydrogen-bond acceptors (Lipinski definition) is 4. The standard InChI is InChI=1S/C19H25N3O2/c1-13-12-19(2,3)20-16-14(13)6-5-7-15(16)17(23)18(24)22-10-8-21(4)9-11-22/h5-7,12,20H,8-11H2,1-4H3. The van der Waals surface area contributed by atoms with Gasteiger partial charge in [-0.1, -0.05) is 18.2 Å². The highest BCUT2D eigenvalue weighted by Gasteiger charge is 2.31. The molecule has 0 radical (unpaired) electrons. The Labute approximate surface area is 143 Å². The Morgan fingerprint density at radius 2 is 1.79 bits per heavy atom. The number of nitrogens with zero attached hydrogens (tertiary/aromatic N) is 2. The third kappa shape index (κ3) is 3.08. The number of Topliss-reactive ketones (excluding diaryl/α,β-unsaturated/α-hetero) is 1. The Morgan fingerprint density at radius 1 is 1.12 bits per heavy atom. The van der Waals surface area contributed by atoms with E-state index in [2.05, 4.69) is 30.1 Å². The molecule has 1 saturated heterocycles. The Bertz CT molecular complexity index is 713. The van der Waals surface area contributed by atoms with Gasteiger partial charge in [0.15, 0.2) is 0 Å². The number of amides is 1. The van der Waals surface area contributed by atoms with Gasteiger partial charge in [0, 0.05) is 31.7 Å². The van der Waals surface area contributed by atoms with Gasteiger partial charge in [0.25, 0.3) is 11.7 Å². The average Bonchev–Trinajstić information content (AvgIpc) is 2.53. The molecule has 3 rings (SSSR count). The van der Waals surface area contributed by atoms with E-state index in [9.17, 15) is 9.59 Å². The van der Waals surface area contributed by atoms with Gasteiger partial charge in [-0.3, -0.25) is 9.59 Å². The first kappa shape index (κ1) is 16.7. The Morgan fingerprint density at radius 3 is 2.46 bits per heavy atom. The first-order valence-electron chi connectivity index (χ1n) is 8.42. The summed E-state index contributed by atoms with van der Waals surface area (Å²) in [5.74, 6) is -0.822. The molecule has 128 valence electrons. The number of rotatable bonds is 2. The van der Waals surface area contributed by atoms with E-state index in [-0.39, 0.29) is 5.54 Å². The molecule has 0 unspecified atom stereocenters. The first-order chi connectivity index (χ1) is 11.3. The van der Waals surface area contributed by atoms with Crippen LogP contribution in [0.25, 0.3) is 5.57 Å². The van der Waals surface area contributed by atoms with Crippen molar-refractivity contribution in [1.29, 1.82) is 0 Å². The number of carbonyl (C=O) groups is 2. The SMILES string of the molecule is CC1=CC(C)(C)Nc2c(C(=O)C(=O)N3CCN(C)CC3)cccc21. The highest BCUT2D eigenvalue weighted by molar-refractivity contribution is 6.44. The van der Waals surface area contributed by atoms with Gasteiger partial charge >= 0.3 is 0 Å². The highest BCUT2D eigenvalue weighted by atomic mass is 16.2. The molecular weight excluding hydrogens is 302 g/mol. The lowest BCUT2D eigenvalue weighted by molar-refractivity contribution is -0.127. The summed E-state index contributed by atoms with van der Waals surface area (Å²) in [7, 11) is 2.03. The second-order valence-corrected chi connectivity index (χ2v) is 7.33. The molecule has 1 aromatic rings. The van der Waals surface area contributed by atoms with E-state index >= 15 is 0 Å². The van der Waals surface area contributed by atoms with Crippen LogP contribution in [0.5, 0.6) is 0 Å². The molecular formula is C19H25N3O2. The summed E-state index contributed by atoms with van der Waals surface area (Å²) < 4.78 is 0.